The van der Waals surface area contributed by atoms with Crippen molar-refractivity contribution in [1.29, 1.82) is 0 Å². The van der Waals surface area contributed by atoms with Gasteiger partial charge in [-0.05, 0) is 61.7 Å². The molecule has 0 saturated heterocycles. The molecule has 0 spiro atoms. The normalized spacial score (nSPS) is 17.8. The van der Waals surface area contributed by atoms with E-state index in [1.807, 2.05) is 11.0 Å². The second-order valence-corrected chi connectivity index (χ2v) is 10.3. The van der Waals surface area contributed by atoms with Gasteiger partial charge in [-0.25, -0.2) is 0 Å². The molecule has 6 heteroatoms. The maximum Gasteiger partial charge on any atom is 0.237 e. The van der Waals surface area contributed by atoms with Gasteiger partial charge in [0, 0.05) is 24.5 Å². The van der Waals surface area contributed by atoms with E-state index in [1.165, 1.54) is 16.0 Å². The lowest BCUT2D eigenvalue weighted by atomic mass is 10.00. The number of benzene rings is 1. The molecule has 2 heterocycles. The number of carbonyl (C=O) groups excluding carboxylic acids is 1. The number of amides is 1. The minimum Gasteiger partial charge on any atom is -0.491 e. The number of aliphatic hydroxyl groups excluding tert-OH is 1. The number of fused-ring (bicyclic) bond motifs is 1. The van der Waals surface area contributed by atoms with Crippen LogP contribution in [0.5, 0.6) is 5.75 Å². The Morgan fingerprint density at radius 3 is 2.75 bits per heavy atom. The number of ether oxygens (including phenoxy) is 1. The molecule has 0 bridgehead atoms. The van der Waals surface area contributed by atoms with Crippen LogP contribution in [-0.4, -0.2) is 59.7 Å². The Morgan fingerprint density at radius 2 is 2.06 bits per heavy atom. The zero-order valence-electron chi connectivity index (χ0n) is 20.1. The highest BCUT2D eigenvalue weighted by atomic mass is 32.1. The molecule has 1 aliphatic heterocycles. The fourth-order valence-electron chi connectivity index (χ4n) is 4.43. The summed E-state index contributed by atoms with van der Waals surface area (Å²) in [5.41, 5.74) is 3.54. The highest BCUT2D eigenvalue weighted by Gasteiger charge is 2.33. The minimum atomic E-state index is -0.458. The summed E-state index contributed by atoms with van der Waals surface area (Å²) in [5.74, 6) is 1.47. The Bertz CT molecular complexity index is 895. The topological polar surface area (TPSA) is 53.0 Å². The van der Waals surface area contributed by atoms with E-state index in [1.54, 1.807) is 18.3 Å². The summed E-state index contributed by atoms with van der Waals surface area (Å²) < 4.78 is 6.25. The Balaban J connectivity index is 1.76. The molecular formula is C26H38N2O3S. The molecule has 0 fully saturated rings. The van der Waals surface area contributed by atoms with E-state index < -0.39 is 6.10 Å². The van der Waals surface area contributed by atoms with Crippen molar-refractivity contribution >= 4 is 17.2 Å². The number of nitrogens with zero attached hydrogens (tertiary/aromatic N) is 2. The molecule has 3 atom stereocenters. The Labute approximate surface area is 197 Å². The summed E-state index contributed by atoms with van der Waals surface area (Å²) >= 11 is 1.77. The van der Waals surface area contributed by atoms with Crippen molar-refractivity contribution < 1.29 is 14.6 Å². The molecule has 32 heavy (non-hydrogen) atoms. The second-order valence-electron chi connectivity index (χ2n) is 9.29. The second kappa shape index (κ2) is 11.3. The van der Waals surface area contributed by atoms with Crippen molar-refractivity contribution in [2.24, 2.45) is 5.92 Å². The van der Waals surface area contributed by atoms with Gasteiger partial charge in [0.05, 0.1) is 18.7 Å². The van der Waals surface area contributed by atoms with Gasteiger partial charge in [-0.15, -0.1) is 11.3 Å². The van der Waals surface area contributed by atoms with Crippen molar-refractivity contribution in [1.82, 2.24) is 9.80 Å². The number of aliphatic hydroxyl groups is 1. The van der Waals surface area contributed by atoms with E-state index in [-0.39, 0.29) is 11.9 Å². The Kier molecular flexibility index (Phi) is 8.74. The third-order valence-electron chi connectivity index (χ3n) is 6.29. The van der Waals surface area contributed by atoms with E-state index in [4.69, 9.17) is 4.74 Å². The van der Waals surface area contributed by atoms with Crippen LogP contribution in [0, 0.1) is 19.8 Å². The zero-order chi connectivity index (χ0) is 23.3. The minimum absolute atomic E-state index is 0.0878. The van der Waals surface area contributed by atoms with Crippen LogP contribution >= 0.6 is 11.3 Å². The average molecular weight is 459 g/mol. The summed E-state index contributed by atoms with van der Waals surface area (Å²) in [6.45, 7) is 13.1. The summed E-state index contributed by atoms with van der Waals surface area (Å²) in [7, 11) is 0. The van der Waals surface area contributed by atoms with Crippen LogP contribution in [0.4, 0.5) is 0 Å². The number of aryl methyl sites for hydroxylation is 2. The first-order chi connectivity index (χ1) is 15.3. The van der Waals surface area contributed by atoms with Crippen LogP contribution in [-0.2, 0) is 11.2 Å². The van der Waals surface area contributed by atoms with Crippen molar-refractivity contribution in [3.63, 3.8) is 0 Å². The largest absolute Gasteiger partial charge is 0.491 e. The van der Waals surface area contributed by atoms with Gasteiger partial charge in [0.2, 0.25) is 5.91 Å². The van der Waals surface area contributed by atoms with E-state index in [0.29, 0.717) is 32.2 Å². The molecule has 3 unspecified atom stereocenters. The molecule has 1 aromatic carbocycles. The molecule has 0 aliphatic carbocycles. The van der Waals surface area contributed by atoms with E-state index in [9.17, 15) is 9.90 Å². The fourth-order valence-corrected chi connectivity index (χ4v) is 5.36. The SMILES string of the molecule is CCC(C)CN(CC(=O)N1CCc2sccc2C1COc1ccc(C)cc1C)CC(C)O. The van der Waals surface area contributed by atoms with Gasteiger partial charge in [0.1, 0.15) is 12.4 Å². The summed E-state index contributed by atoms with van der Waals surface area (Å²) in [5, 5.41) is 12.1. The summed E-state index contributed by atoms with van der Waals surface area (Å²) in [4.78, 5) is 18.9. The smallest absolute Gasteiger partial charge is 0.237 e. The first kappa shape index (κ1) is 24.7. The van der Waals surface area contributed by atoms with Gasteiger partial charge in [0.25, 0.3) is 0 Å². The first-order valence-corrected chi connectivity index (χ1v) is 12.6. The third kappa shape index (κ3) is 6.33. The maximum atomic E-state index is 13.5. The number of rotatable bonds is 10. The molecule has 3 rings (SSSR count). The maximum absolute atomic E-state index is 13.5. The molecule has 0 saturated carbocycles. The molecule has 1 aliphatic rings. The van der Waals surface area contributed by atoms with Gasteiger partial charge in [-0.1, -0.05) is 38.0 Å². The van der Waals surface area contributed by atoms with E-state index in [2.05, 4.69) is 56.2 Å². The number of hydrogen-bond acceptors (Lipinski definition) is 5. The Morgan fingerprint density at radius 1 is 1.28 bits per heavy atom. The molecule has 176 valence electrons. The molecule has 1 aromatic heterocycles. The van der Waals surface area contributed by atoms with Crippen molar-refractivity contribution in [3.05, 3.63) is 51.2 Å². The number of thiophene rings is 1. The molecule has 1 N–H and O–H groups in total. The predicted molar refractivity (Wildman–Crippen MR) is 131 cm³/mol. The van der Waals surface area contributed by atoms with Crippen LogP contribution < -0.4 is 4.74 Å². The highest BCUT2D eigenvalue weighted by molar-refractivity contribution is 7.10. The van der Waals surface area contributed by atoms with Gasteiger partial charge in [0.15, 0.2) is 0 Å². The zero-order valence-corrected chi connectivity index (χ0v) is 21.0. The number of hydrogen-bond donors (Lipinski definition) is 1. The van der Waals surface area contributed by atoms with Gasteiger partial charge in [-0.3, -0.25) is 9.69 Å². The van der Waals surface area contributed by atoms with Crippen molar-refractivity contribution in [2.75, 3.05) is 32.8 Å². The lowest BCUT2D eigenvalue weighted by Crippen LogP contribution is -2.48. The van der Waals surface area contributed by atoms with E-state index >= 15 is 0 Å². The predicted octanol–water partition coefficient (Wildman–Crippen LogP) is 4.60. The van der Waals surface area contributed by atoms with Crippen LogP contribution in [0.2, 0.25) is 0 Å². The van der Waals surface area contributed by atoms with Gasteiger partial charge in [-0.2, -0.15) is 0 Å². The summed E-state index contributed by atoms with van der Waals surface area (Å²) in [6.07, 6.45) is 1.49. The standard InChI is InChI=1S/C26H38N2O3S/c1-6-18(2)14-27(15-21(5)29)16-26(30)28-11-9-25-22(10-12-32-25)23(28)17-31-24-8-7-19(3)13-20(24)4/h7-8,10,12-13,18,21,23,29H,6,9,11,14-17H2,1-5H3. The lowest BCUT2D eigenvalue weighted by Gasteiger charge is -2.37. The van der Waals surface area contributed by atoms with Crippen molar-refractivity contribution in [2.45, 2.75) is 59.6 Å². The van der Waals surface area contributed by atoms with E-state index in [0.717, 1.165) is 30.7 Å². The molecule has 1 amide bonds. The quantitative estimate of drug-likeness (QED) is 0.565. The lowest BCUT2D eigenvalue weighted by molar-refractivity contribution is -0.136. The van der Waals surface area contributed by atoms with Crippen molar-refractivity contribution in [3.8, 4) is 5.75 Å². The van der Waals surface area contributed by atoms with Crippen LogP contribution in [0.15, 0.2) is 29.6 Å². The highest BCUT2D eigenvalue weighted by Crippen LogP contribution is 2.34. The number of carbonyl (C=O) groups is 1. The fraction of sp³-hybridized carbons (Fsp3) is 0.577. The Hall–Kier alpha value is -1.89. The monoisotopic (exact) mass is 458 g/mol. The average Bonchev–Trinajstić information content (AvgIpc) is 3.21. The molecule has 2 aromatic rings. The van der Waals surface area contributed by atoms with Gasteiger partial charge < -0.3 is 14.7 Å². The molecule has 5 nitrogen and oxygen atoms in total. The summed E-state index contributed by atoms with van der Waals surface area (Å²) in [6, 6.07) is 8.26. The molecular weight excluding hydrogens is 420 g/mol. The van der Waals surface area contributed by atoms with Crippen LogP contribution in [0.25, 0.3) is 0 Å². The third-order valence-corrected chi connectivity index (χ3v) is 7.29. The first-order valence-electron chi connectivity index (χ1n) is 11.7. The molecule has 0 radical (unpaired) electrons. The van der Waals surface area contributed by atoms with Crippen LogP contribution in [0.1, 0.15) is 54.8 Å². The van der Waals surface area contributed by atoms with Crippen LogP contribution in [0.3, 0.4) is 0 Å². The van der Waals surface area contributed by atoms with Gasteiger partial charge >= 0.3 is 0 Å².